The average molecular weight is 526 g/mol. The average Bonchev–Trinajstić information content (AvgIpc) is 3.58. The quantitative estimate of drug-likeness (QED) is 0.367. The highest BCUT2D eigenvalue weighted by Crippen LogP contribution is 2.46. The number of carbonyl (C=O) groups is 1. The third-order valence-corrected chi connectivity index (χ3v) is 7.87. The Morgan fingerprint density at radius 1 is 1.18 bits per heavy atom. The van der Waals surface area contributed by atoms with Crippen molar-refractivity contribution >= 4 is 11.8 Å². The van der Waals surface area contributed by atoms with Gasteiger partial charge in [0, 0.05) is 35.3 Å². The smallest absolute Gasteiger partial charge is 0.387 e. The number of aryl methyl sites for hydroxylation is 1. The van der Waals surface area contributed by atoms with Gasteiger partial charge in [0.2, 0.25) is 0 Å². The lowest BCUT2D eigenvalue weighted by Gasteiger charge is -2.39. The highest BCUT2D eigenvalue weighted by molar-refractivity contribution is 5.89. The van der Waals surface area contributed by atoms with Crippen molar-refractivity contribution in [3.63, 3.8) is 0 Å². The first kappa shape index (κ1) is 24.8. The summed E-state index contributed by atoms with van der Waals surface area (Å²) in [6, 6.07) is 8.99. The van der Waals surface area contributed by atoms with Gasteiger partial charge in [-0.3, -0.25) is 0 Å². The molecule has 4 heterocycles. The molecule has 1 saturated carbocycles. The Morgan fingerprint density at radius 3 is 2.58 bits per heavy atom. The molecule has 2 aromatic heterocycles. The van der Waals surface area contributed by atoms with Crippen molar-refractivity contribution in [2.75, 3.05) is 4.90 Å². The number of carboxylic acids is 1. The number of alkyl halides is 2. The number of pyridine rings is 1. The number of anilines is 1. The molecule has 1 N–H and O–H groups in total. The van der Waals surface area contributed by atoms with Gasteiger partial charge in [-0.2, -0.15) is 8.78 Å². The van der Waals surface area contributed by atoms with Gasteiger partial charge in [0.15, 0.2) is 0 Å². The number of halogens is 2. The number of benzene rings is 1. The molecule has 2 saturated heterocycles. The Labute approximate surface area is 218 Å². The van der Waals surface area contributed by atoms with E-state index < -0.39 is 12.6 Å². The summed E-state index contributed by atoms with van der Waals surface area (Å²) in [6.07, 6.45) is 7.17. The van der Waals surface area contributed by atoms with Crippen LogP contribution in [0, 0.1) is 6.92 Å². The van der Waals surface area contributed by atoms with Crippen molar-refractivity contribution in [1.29, 1.82) is 0 Å². The second-order valence-electron chi connectivity index (χ2n) is 10.4. The number of aromatic carboxylic acids is 1. The number of rotatable bonds is 9. The number of hydrogen-bond donors (Lipinski definition) is 1. The molecule has 0 spiro atoms. The van der Waals surface area contributed by atoms with E-state index in [0.29, 0.717) is 16.8 Å². The van der Waals surface area contributed by atoms with Crippen molar-refractivity contribution in [1.82, 2.24) is 10.1 Å². The third kappa shape index (κ3) is 4.73. The molecular weight excluding hydrogens is 496 g/mol. The van der Waals surface area contributed by atoms with Crippen LogP contribution in [-0.4, -0.2) is 46.0 Å². The van der Waals surface area contributed by atoms with Gasteiger partial charge in [0.1, 0.15) is 23.0 Å². The van der Waals surface area contributed by atoms with Gasteiger partial charge in [0.05, 0.1) is 18.3 Å². The molecule has 6 rings (SSSR count). The molecule has 200 valence electrons. The van der Waals surface area contributed by atoms with Gasteiger partial charge in [-0.1, -0.05) is 17.3 Å². The van der Waals surface area contributed by atoms with Crippen molar-refractivity contribution < 1.29 is 32.7 Å². The summed E-state index contributed by atoms with van der Waals surface area (Å²) in [4.78, 5) is 18.2. The predicted octanol–water partition coefficient (Wildman–Crippen LogP) is 5.94. The highest BCUT2D eigenvalue weighted by Gasteiger charge is 2.42. The number of fused-ring (bicyclic) bond motifs is 2. The number of piperidine rings is 1. The first-order valence-corrected chi connectivity index (χ1v) is 13.0. The molecular formula is C28H29F2N3O5. The molecule has 2 aliphatic heterocycles. The van der Waals surface area contributed by atoms with Gasteiger partial charge in [0.25, 0.3) is 0 Å². The zero-order valence-corrected chi connectivity index (χ0v) is 21.0. The fourth-order valence-electron chi connectivity index (χ4n) is 5.95. The number of carboxylic acid groups (broad SMARTS) is 1. The zero-order chi connectivity index (χ0) is 26.4. The molecule has 3 atom stereocenters. The number of ether oxygens (including phenoxy) is 2. The van der Waals surface area contributed by atoms with E-state index in [2.05, 4.69) is 15.0 Å². The molecule has 2 unspecified atom stereocenters. The summed E-state index contributed by atoms with van der Waals surface area (Å²) in [7, 11) is 0. The van der Waals surface area contributed by atoms with E-state index in [9.17, 15) is 18.7 Å². The minimum atomic E-state index is -2.94. The molecule has 1 aliphatic carbocycles. The van der Waals surface area contributed by atoms with Crippen LogP contribution in [0.25, 0.3) is 11.3 Å². The van der Waals surface area contributed by atoms with Crippen molar-refractivity contribution in [2.45, 2.75) is 82.8 Å². The monoisotopic (exact) mass is 525 g/mol. The standard InChI is InChI=1S/C28H29F2N3O5/c1-15-10-24(31-13-21(15)27(34)35)33-17-8-9-18(33)12-19(11-17)36-14-22-25(32-38-26(22)16-6-7-16)20-4-2-3-5-23(20)37-28(29)30/h2-5,10,13,16-19,28H,6-9,11-12,14H2,1H3,(H,34,35)/t17-,18?,19?/m0/s1. The maximum Gasteiger partial charge on any atom is 0.387 e. The normalized spacial score (nSPS) is 22.7. The Balaban J connectivity index is 1.19. The van der Waals surface area contributed by atoms with E-state index in [1.807, 2.05) is 6.07 Å². The highest BCUT2D eigenvalue weighted by atomic mass is 19.3. The maximum atomic E-state index is 13.0. The summed E-state index contributed by atoms with van der Waals surface area (Å²) < 4.78 is 43.0. The van der Waals surface area contributed by atoms with Gasteiger partial charge in [-0.25, -0.2) is 9.78 Å². The summed E-state index contributed by atoms with van der Waals surface area (Å²) in [5.74, 6) is 0.942. The van der Waals surface area contributed by atoms with Gasteiger partial charge < -0.3 is 24.0 Å². The van der Waals surface area contributed by atoms with Crippen LogP contribution in [0.1, 0.15) is 71.7 Å². The molecule has 2 bridgehead atoms. The summed E-state index contributed by atoms with van der Waals surface area (Å²) in [5.41, 5.74) is 2.67. The van der Waals surface area contributed by atoms with Crippen molar-refractivity contribution in [3.8, 4) is 17.0 Å². The predicted molar refractivity (Wildman–Crippen MR) is 134 cm³/mol. The van der Waals surface area contributed by atoms with Crippen LogP contribution < -0.4 is 9.64 Å². The molecule has 0 amide bonds. The van der Waals surface area contributed by atoms with Crippen molar-refractivity contribution in [3.05, 3.63) is 59.0 Å². The van der Waals surface area contributed by atoms with Crippen LogP contribution in [-0.2, 0) is 11.3 Å². The van der Waals surface area contributed by atoms with E-state index in [1.165, 1.54) is 12.3 Å². The van der Waals surface area contributed by atoms with Gasteiger partial charge in [-0.15, -0.1) is 0 Å². The number of para-hydroxylation sites is 1. The molecule has 3 aromatic rings. The largest absolute Gasteiger partial charge is 0.478 e. The van der Waals surface area contributed by atoms with Crippen LogP contribution in [0.3, 0.4) is 0 Å². The Hall–Kier alpha value is -3.53. The summed E-state index contributed by atoms with van der Waals surface area (Å²) in [5, 5.41) is 13.6. The molecule has 10 heteroatoms. The number of hydrogen-bond acceptors (Lipinski definition) is 7. The second kappa shape index (κ2) is 9.98. The Morgan fingerprint density at radius 2 is 1.92 bits per heavy atom. The lowest BCUT2D eigenvalue weighted by atomic mass is 9.98. The van der Waals surface area contributed by atoms with Gasteiger partial charge >= 0.3 is 12.6 Å². The first-order valence-electron chi connectivity index (χ1n) is 13.0. The zero-order valence-electron chi connectivity index (χ0n) is 21.0. The number of aromatic nitrogens is 2. The lowest BCUT2D eigenvalue weighted by Crippen LogP contribution is -2.46. The van der Waals surface area contributed by atoms with Crippen LogP contribution in [0.2, 0.25) is 0 Å². The van der Waals surface area contributed by atoms with E-state index in [1.54, 1.807) is 25.1 Å². The second-order valence-corrected chi connectivity index (χ2v) is 10.4. The fraction of sp³-hybridized carbons (Fsp3) is 0.464. The topological polar surface area (TPSA) is 97.9 Å². The molecule has 3 aliphatic rings. The molecule has 1 aromatic carbocycles. The SMILES string of the molecule is Cc1cc(N2C3CC[C@H]2CC(OCc2c(-c4ccccc4OC(F)F)noc2C2CC2)C3)ncc1C(=O)O. The minimum absolute atomic E-state index is 0.0190. The first-order chi connectivity index (χ1) is 18.4. The third-order valence-electron chi connectivity index (χ3n) is 7.87. The van der Waals surface area contributed by atoms with Crippen LogP contribution in [0.4, 0.5) is 14.6 Å². The van der Waals surface area contributed by atoms with Crippen LogP contribution in [0.5, 0.6) is 5.75 Å². The van der Waals surface area contributed by atoms with E-state index in [0.717, 1.165) is 55.7 Å². The van der Waals surface area contributed by atoms with Crippen molar-refractivity contribution in [2.24, 2.45) is 0 Å². The maximum absolute atomic E-state index is 13.0. The van der Waals surface area contributed by atoms with E-state index in [-0.39, 0.29) is 42.0 Å². The summed E-state index contributed by atoms with van der Waals surface area (Å²) >= 11 is 0. The van der Waals surface area contributed by atoms with Gasteiger partial charge in [-0.05, 0) is 69.2 Å². The molecule has 0 radical (unpaired) electrons. The molecule has 38 heavy (non-hydrogen) atoms. The Bertz CT molecular complexity index is 1330. The van der Waals surface area contributed by atoms with Crippen LogP contribution in [0.15, 0.2) is 41.1 Å². The minimum Gasteiger partial charge on any atom is -0.478 e. The fourth-order valence-corrected chi connectivity index (χ4v) is 5.95. The lowest BCUT2D eigenvalue weighted by molar-refractivity contribution is -0.0494. The molecule has 3 fully saturated rings. The van der Waals surface area contributed by atoms with Crippen LogP contribution >= 0.6 is 0 Å². The van der Waals surface area contributed by atoms with E-state index >= 15 is 0 Å². The molecule has 8 nitrogen and oxygen atoms in total. The Kier molecular flexibility index (Phi) is 6.51. The summed E-state index contributed by atoms with van der Waals surface area (Å²) in [6.45, 7) is -0.863. The number of nitrogens with zero attached hydrogens (tertiary/aromatic N) is 3. The van der Waals surface area contributed by atoms with E-state index in [4.69, 9.17) is 14.0 Å².